The molecular formula is C25H22N2O3. The number of piperidine rings is 1. The fourth-order valence-corrected chi connectivity index (χ4v) is 3.91. The van der Waals surface area contributed by atoms with E-state index in [0.717, 1.165) is 29.8 Å². The van der Waals surface area contributed by atoms with Gasteiger partial charge in [-0.25, -0.2) is 4.98 Å². The molecule has 1 aliphatic heterocycles. The van der Waals surface area contributed by atoms with Gasteiger partial charge in [0.15, 0.2) is 11.5 Å². The minimum atomic E-state index is -0.00227. The lowest BCUT2D eigenvalue weighted by molar-refractivity contribution is 0.0704. The van der Waals surface area contributed by atoms with Crippen molar-refractivity contribution in [2.45, 2.75) is 18.8 Å². The number of rotatable bonds is 4. The summed E-state index contributed by atoms with van der Waals surface area (Å²) < 4.78 is 11.9. The number of para-hydroxylation sites is 4. The zero-order valence-electron chi connectivity index (χ0n) is 16.5. The summed E-state index contributed by atoms with van der Waals surface area (Å²) in [6, 6.07) is 24.8. The third-order valence-corrected chi connectivity index (χ3v) is 5.53. The molecule has 150 valence electrons. The number of nitrogens with zero attached hydrogens (tertiary/aromatic N) is 2. The second kappa shape index (κ2) is 8.03. The number of oxazole rings is 1. The van der Waals surface area contributed by atoms with Gasteiger partial charge < -0.3 is 14.1 Å². The minimum absolute atomic E-state index is 0.00227. The molecule has 0 spiro atoms. The first-order valence-electron chi connectivity index (χ1n) is 10.2. The Hall–Kier alpha value is -3.60. The topological polar surface area (TPSA) is 55.6 Å². The van der Waals surface area contributed by atoms with Crippen LogP contribution < -0.4 is 4.74 Å². The van der Waals surface area contributed by atoms with E-state index in [0.29, 0.717) is 30.2 Å². The Morgan fingerprint density at radius 2 is 1.60 bits per heavy atom. The summed E-state index contributed by atoms with van der Waals surface area (Å²) in [5.41, 5.74) is 2.29. The molecule has 1 saturated heterocycles. The van der Waals surface area contributed by atoms with Crippen molar-refractivity contribution in [2.75, 3.05) is 13.1 Å². The summed E-state index contributed by atoms with van der Waals surface area (Å²) >= 11 is 0. The molecule has 0 unspecified atom stereocenters. The maximum absolute atomic E-state index is 13.2. The number of fused-ring (bicyclic) bond motifs is 1. The van der Waals surface area contributed by atoms with Gasteiger partial charge >= 0.3 is 0 Å². The minimum Gasteiger partial charge on any atom is -0.457 e. The number of carbonyl (C=O) groups is 1. The molecule has 1 amide bonds. The molecule has 0 atom stereocenters. The summed E-state index contributed by atoms with van der Waals surface area (Å²) in [7, 11) is 0. The molecule has 3 aromatic carbocycles. The molecule has 0 aliphatic carbocycles. The zero-order chi connectivity index (χ0) is 20.3. The van der Waals surface area contributed by atoms with Crippen molar-refractivity contribution in [3.63, 3.8) is 0 Å². The highest BCUT2D eigenvalue weighted by Gasteiger charge is 2.28. The smallest absolute Gasteiger partial charge is 0.257 e. The van der Waals surface area contributed by atoms with Crippen LogP contribution in [0, 0.1) is 0 Å². The van der Waals surface area contributed by atoms with Crippen molar-refractivity contribution in [2.24, 2.45) is 0 Å². The van der Waals surface area contributed by atoms with Crippen LogP contribution in [0.15, 0.2) is 83.3 Å². The number of benzene rings is 3. The Balaban J connectivity index is 1.29. The first-order chi connectivity index (χ1) is 14.8. The lowest BCUT2D eigenvalue weighted by atomic mass is 9.96. The molecule has 5 nitrogen and oxygen atoms in total. The van der Waals surface area contributed by atoms with E-state index in [-0.39, 0.29) is 11.8 Å². The molecule has 2 heterocycles. The van der Waals surface area contributed by atoms with Crippen molar-refractivity contribution in [1.82, 2.24) is 9.88 Å². The normalized spacial score (nSPS) is 14.7. The predicted molar refractivity (Wildman–Crippen MR) is 115 cm³/mol. The third kappa shape index (κ3) is 3.66. The molecule has 5 heteroatoms. The highest BCUT2D eigenvalue weighted by atomic mass is 16.5. The van der Waals surface area contributed by atoms with Gasteiger partial charge in [0.1, 0.15) is 17.0 Å². The molecule has 0 N–H and O–H groups in total. The van der Waals surface area contributed by atoms with Gasteiger partial charge in [-0.3, -0.25) is 4.79 Å². The van der Waals surface area contributed by atoms with E-state index in [1.807, 2.05) is 83.8 Å². The Bertz CT molecular complexity index is 1130. The van der Waals surface area contributed by atoms with E-state index in [4.69, 9.17) is 9.15 Å². The second-order valence-corrected chi connectivity index (χ2v) is 7.50. The largest absolute Gasteiger partial charge is 0.457 e. The van der Waals surface area contributed by atoms with Gasteiger partial charge in [0.2, 0.25) is 0 Å². The van der Waals surface area contributed by atoms with Crippen LogP contribution in [0.2, 0.25) is 0 Å². The van der Waals surface area contributed by atoms with E-state index in [1.54, 1.807) is 0 Å². The van der Waals surface area contributed by atoms with Gasteiger partial charge in [0.25, 0.3) is 5.91 Å². The maximum atomic E-state index is 13.2. The van der Waals surface area contributed by atoms with Crippen molar-refractivity contribution < 1.29 is 13.9 Å². The van der Waals surface area contributed by atoms with Crippen LogP contribution in [0.1, 0.15) is 35.0 Å². The van der Waals surface area contributed by atoms with Gasteiger partial charge in [0.05, 0.1) is 5.56 Å². The number of carbonyl (C=O) groups excluding carboxylic acids is 1. The average Bonchev–Trinajstić information content (AvgIpc) is 3.24. The monoisotopic (exact) mass is 398 g/mol. The number of hydrogen-bond donors (Lipinski definition) is 0. The van der Waals surface area contributed by atoms with Crippen LogP contribution in [0.4, 0.5) is 0 Å². The molecule has 0 saturated carbocycles. The first kappa shape index (κ1) is 18.4. The second-order valence-electron chi connectivity index (χ2n) is 7.50. The number of hydrogen-bond acceptors (Lipinski definition) is 4. The lowest BCUT2D eigenvalue weighted by Gasteiger charge is -2.31. The number of amides is 1. The zero-order valence-corrected chi connectivity index (χ0v) is 16.5. The van der Waals surface area contributed by atoms with Crippen LogP contribution in [0.3, 0.4) is 0 Å². The molecular weight excluding hydrogens is 376 g/mol. The van der Waals surface area contributed by atoms with Gasteiger partial charge in [-0.2, -0.15) is 0 Å². The van der Waals surface area contributed by atoms with E-state index in [2.05, 4.69) is 4.98 Å². The Labute approximate surface area is 174 Å². The van der Waals surface area contributed by atoms with E-state index in [9.17, 15) is 4.79 Å². The Morgan fingerprint density at radius 3 is 2.40 bits per heavy atom. The summed E-state index contributed by atoms with van der Waals surface area (Å²) in [5.74, 6) is 2.30. The van der Waals surface area contributed by atoms with E-state index < -0.39 is 0 Å². The molecule has 1 aliphatic rings. The van der Waals surface area contributed by atoms with Crippen LogP contribution in [-0.4, -0.2) is 28.9 Å². The average molecular weight is 398 g/mol. The van der Waals surface area contributed by atoms with Crippen molar-refractivity contribution >= 4 is 17.0 Å². The SMILES string of the molecule is O=C(c1ccccc1Oc1ccccc1)N1CCC(c2nc3ccccc3o2)CC1. The Kier molecular flexibility index (Phi) is 4.93. The van der Waals surface area contributed by atoms with E-state index >= 15 is 0 Å². The molecule has 4 aromatic rings. The Morgan fingerprint density at radius 1 is 0.900 bits per heavy atom. The summed E-state index contributed by atoms with van der Waals surface area (Å²) in [5, 5.41) is 0. The summed E-state index contributed by atoms with van der Waals surface area (Å²) in [4.78, 5) is 19.7. The fourth-order valence-electron chi connectivity index (χ4n) is 3.91. The summed E-state index contributed by atoms with van der Waals surface area (Å²) in [6.07, 6.45) is 1.67. The molecule has 5 rings (SSSR count). The molecule has 0 bridgehead atoms. The number of ether oxygens (including phenoxy) is 1. The van der Waals surface area contributed by atoms with Crippen LogP contribution in [0.25, 0.3) is 11.1 Å². The third-order valence-electron chi connectivity index (χ3n) is 5.53. The van der Waals surface area contributed by atoms with E-state index in [1.165, 1.54) is 0 Å². The van der Waals surface area contributed by atoms with Crippen LogP contribution in [0.5, 0.6) is 11.5 Å². The van der Waals surface area contributed by atoms with Gasteiger partial charge in [0, 0.05) is 19.0 Å². The maximum Gasteiger partial charge on any atom is 0.257 e. The quantitative estimate of drug-likeness (QED) is 0.446. The predicted octanol–water partition coefficient (Wildman–Crippen LogP) is 5.64. The van der Waals surface area contributed by atoms with Gasteiger partial charge in [-0.1, -0.05) is 42.5 Å². The standard InChI is InChI=1S/C25H22N2O3/c28-25(20-10-4-6-12-22(20)29-19-8-2-1-3-9-19)27-16-14-18(15-17-27)24-26-21-11-5-7-13-23(21)30-24/h1-13,18H,14-17H2. The number of likely N-dealkylation sites (tertiary alicyclic amines) is 1. The van der Waals surface area contributed by atoms with Gasteiger partial charge in [-0.05, 0) is 49.2 Å². The highest BCUT2D eigenvalue weighted by molar-refractivity contribution is 5.97. The fraction of sp³-hybridized carbons (Fsp3) is 0.200. The lowest BCUT2D eigenvalue weighted by Crippen LogP contribution is -2.38. The first-order valence-corrected chi connectivity index (χ1v) is 10.2. The van der Waals surface area contributed by atoms with Crippen molar-refractivity contribution in [3.05, 3.63) is 90.3 Å². The van der Waals surface area contributed by atoms with Crippen molar-refractivity contribution in [3.8, 4) is 11.5 Å². The van der Waals surface area contributed by atoms with Crippen LogP contribution in [-0.2, 0) is 0 Å². The molecule has 1 aromatic heterocycles. The van der Waals surface area contributed by atoms with Crippen molar-refractivity contribution in [1.29, 1.82) is 0 Å². The highest BCUT2D eigenvalue weighted by Crippen LogP contribution is 2.32. The summed E-state index contributed by atoms with van der Waals surface area (Å²) in [6.45, 7) is 1.34. The molecule has 0 radical (unpaired) electrons. The van der Waals surface area contributed by atoms with Gasteiger partial charge in [-0.15, -0.1) is 0 Å². The molecule has 1 fully saturated rings. The molecule has 30 heavy (non-hydrogen) atoms. The van der Waals surface area contributed by atoms with Crippen LogP contribution >= 0.6 is 0 Å². The number of aromatic nitrogens is 1.